The summed E-state index contributed by atoms with van der Waals surface area (Å²) in [5, 5.41) is 14.7. The molecule has 1 N–H and O–H groups in total. The van der Waals surface area contributed by atoms with Crippen LogP contribution in [-0.4, -0.2) is 27.0 Å². The summed E-state index contributed by atoms with van der Waals surface area (Å²) >= 11 is 0. The molecule has 0 bridgehead atoms. The van der Waals surface area contributed by atoms with Gasteiger partial charge in [-0.1, -0.05) is 13.0 Å². The predicted octanol–water partition coefficient (Wildman–Crippen LogP) is 2.36. The van der Waals surface area contributed by atoms with Gasteiger partial charge in [-0.3, -0.25) is 9.67 Å². The van der Waals surface area contributed by atoms with Gasteiger partial charge < -0.3 is 9.84 Å². The van der Waals surface area contributed by atoms with Crippen LogP contribution in [0.5, 0.6) is 5.75 Å². The van der Waals surface area contributed by atoms with E-state index >= 15 is 0 Å². The Morgan fingerprint density at radius 2 is 2.25 bits per heavy atom. The molecule has 0 aromatic carbocycles. The molecule has 5 heteroatoms. The van der Waals surface area contributed by atoms with E-state index in [4.69, 9.17) is 4.74 Å². The first-order valence-electron chi connectivity index (χ1n) is 6.94. The lowest BCUT2D eigenvalue weighted by Crippen LogP contribution is -2.11. The molecule has 2 rings (SSSR count). The molecule has 0 saturated carbocycles. The van der Waals surface area contributed by atoms with E-state index in [1.54, 1.807) is 19.5 Å². The van der Waals surface area contributed by atoms with Crippen molar-refractivity contribution in [2.75, 3.05) is 7.11 Å². The standard InChI is InChI=1S/C15H21N3O2/c1-3-10-18-15(14(20-2)11-17-18)13(19)8-7-12-6-4-5-9-16-12/h4-6,9,11,13,19H,3,7-8,10H2,1-2H3. The van der Waals surface area contributed by atoms with Crippen molar-refractivity contribution in [3.8, 4) is 5.75 Å². The number of rotatable bonds is 7. The molecule has 0 spiro atoms. The van der Waals surface area contributed by atoms with E-state index in [1.807, 2.05) is 22.9 Å². The van der Waals surface area contributed by atoms with Crippen LogP contribution in [0.2, 0.25) is 0 Å². The lowest BCUT2D eigenvalue weighted by molar-refractivity contribution is 0.152. The van der Waals surface area contributed by atoms with Gasteiger partial charge in [0.2, 0.25) is 0 Å². The van der Waals surface area contributed by atoms with Crippen molar-refractivity contribution in [2.45, 2.75) is 38.8 Å². The first kappa shape index (κ1) is 14.5. The molecule has 5 nitrogen and oxygen atoms in total. The summed E-state index contributed by atoms with van der Waals surface area (Å²) in [6.45, 7) is 2.86. The van der Waals surface area contributed by atoms with Gasteiger partial charge in [0.25, 0.3) is 0 Å². The maximum atomic E-state index is 10.4. The SMILES string of the molecule is CCCn1ncc(OC)c1C(O)CCc1ccccn1. The first-order chi connectivity index (χ1) is 9.76. The van der Waals surface area contributed by atoms with Crippen LogP contribution < -0.4 is 4.74 Å². The summed E-state index contributed by atoms with van der Waals surface area (Å²) in [5.41, 5.74) is 1.73. The van der Waals surface area contributed by atoms with E-state index < -0.39 is 6.10 Å². The Labute approximate surface area is 119 Å². The van der Waals surface area contributed by atoms with Crippen molar-refractivity contribution in [2.24, 2.45) is 0 Å². The third-order valence-corrected chi connectivity index (χ3v) is 3.22. The normalized spacial score (nSPS) is 12.3. The van der Waals surface area contributed by atoms with Gasteiger partial charge in [0, 0.05) is 18.4 Å². The Hall–Kier alpha value is -1.88. The number of aliphatic hydroxyl groups is 1. The van der Waals surface area contributed by atoms with Gasteiger partial charge in [0.1, 0.15) is 5.69 Å². The third-order valence-electron chi connectivity index (χ3n) is 3.22. The van der Waals surface area contributed by atoms with E-state index in [2.05, 4.69) is 17.0 Å². The summed E-state index contributed by atoms with van der Waals surface area (Å²) in [5.74, 6) is 0.645. The predicted molar refractivity (Wildman–Crippen MR) is 76.6 cm³/mol. The van der Waals surface area contributed by atoms with Crippen LogP contribution in [0.25, 0.3) is 0 Å². The molecule has 0 aliphatic carbocycles. The molecule has 1 unspecified atom stereocenters. The molecule has 2 heterocycles. The van der Waals surface area contributed by atoms with E-state index in [-0.39, 0.29) is 0 Å². The zero-order valence-corrected chi connectivity index (χ0v) is 12.0. The van der Waals surface area contributed by atoms with Crippen molar-refractivity contribution < 1.29 is 9.84 Å². The molecular weight excluding hydrogens is 254 g/mol. The minimum atomic E-state index is -0.596. The van der Waals surface area contributed by atoms with Crippen LogP contribution in [0.3, 0.4) is 0 Å². The molecule has 0 amide bonds. The molecule has 0 saturated heterocycles. The van der Waals surface area contributed by atoms with Crippen LogP contribution in [-0.2, 0) is 13.0 Å². The summed E-state index contributed by atoms with van der Waals surface area (Å²) in [6.07, 6.45) is 5.12. The molecule has 0 aliphatic heterocycles. The van der Waals surface area contributed by atoms with Crippen molar-refractivity contribution in [1.82, 2.24) is 14.8 Å². The van der Waals surface area contributed by atoms with Gasteiger partial charge in [0.05, 0.1) is 19.4 Å². The zero-order valence-electron chi connectivity index (χ0n) is 12.0. The monoisotopic (exact) mass is 275 g/mol. The molecule has 2 aromatic heterocycles. The van der Waals surface area contributed by atoms with Gasteiger partial charge in [-0.2, -0.15) is 5.10 Å². The zero-order chi connectivity index (χ0) is 14.4. The summed E-state index contributed by atoms with van der Waals surface area (Å²) in [4.78, 5) is 4.27. The van der Waals surface area contributed by atoms with Crippen LogP contribution in [0.1, 0.15) is 37.3 Å². The highest BCUT2D eigenvalue weighted by Gasteiger charge is 2.19. The quantitative estimate of drug-likeness (QED) is 0.842. The minimum Gasteiger partial charge on any atom is -0.493 e. The number of pyridine rings is 1. The number of methoxy groups -OCH3 is 1. The molecular formula is C15H21N3O2. The maximum absolute atomic E-state index is 10.4. The Kier molecular flexibility index (Phi) is 5.12. The average Bonchev–Trinajstić information content (AvgIpc) is 2.89. The largest absolute Gasteiger partial charge is 0.493 e. The van der Waals surface area contributed by atoms with E-state index in [9.17, 15) is 5.11 Å². The Morgan fingerprint density at radius 3 is 2.90 bits per heavy atom. The van der Waals surface area contributed by atoms with Gasteiger partial charge in [0.15, 0.2) is 5.75 Å². The van der Waals surface area contributed by atoms with Crippen molar-refractivity contribution in [3.05, 3.63) is 42.0 Å². The number of aliphatic hydroxyl groups excluding tert-OH is 1. The van der Waals surface area contributed by atoms with Gasteiger partial charge >= 0.3 is 0 Å². The molecule has 2 aromatic rings. The van der Waals surface area contributed by atoms with Crippen LogP contribution in [0.15, 0.2) is 30.6 Å². The molecule has 0 radical (unpaired) electrons. The van der Waals surface area contributed by atoms with E-state index in [1.165, 1.54) is 0 Å². The second-order valence-electron chi connectivity index (χ2n) is 4.70. The van der Waals surface area contributed by atoms with Gasteiger partial charge in [-0.15, -0.1) is 0 Å². The second-order valence-corrected chi connectivity index (χ2v) is 4.70. The highest BCUT2D eigenvalue weighted by Crippen LogP contribution is 2.28. The topological polar surface area (TPSA) is 60.2 Å². The molecule has 1 atom stereocenters. The number of hydrogen-bond acceptors (Lipinski definition) is 4. The number of ether oxygens (including phenoxy) is 1. The third kappa shape index (κ3) is 3.36. The number of aryl methyl sites for hydroxylation is 2. The first-order valence-corrected chi connectivity index (χ1v) is 6.94. The smallest absolute Gasteiger partial charge is 0.162 e. The fourth-order valence-corrected chi connectivity index (χ4v) is 2.23. The fourth-order valence-electron chi connectivity index (χ4n) is 2.23. The Bertz CT molecular complexity index is 525. The highest BCUT2D eigenvalue weighted by atomic mass is 16.5. The molecule has 20 heavy (non-hydrogen) atoms. The van der Waals surface area contributed by atoms with Crippen molar-refractivity contribution >= 4 is 0 Å². The molecule has 108 valence electrons. The maximum Gasteiger partial charge on any atom is 0.162 e. The molecule has 0 aliphatic rings. The number of nitrogens with zero attached hydrogens (tertiary/aromatic N) is 3. The average molecular weight is 275 g/mol. The van der Waals surface area contributed by atoms with Gasteiger partial charge in [-0.25, -0.2) is 0 Å². The minimum absolute atomic E-state index is 0.596. The highest BCUT2D eigenvalue weighted by molar-refractivity contribution is 5.27. The Morgan fingerprint density at radius 1 is 1.40 bits per heavy atom. The summed E-state index contributed by atoms with van der Waals surface area (Å²) in [7, 11) is 1.60. The summed E-state index contributed by atoms with van der Waals surface area (Å²) < 4.78 is 7.11. The summed E-state index contributed by atoms with van der Waals surface area (Å²) in [6, 6.07) is 5.81. The lowest BCUT2D eigenvalue weighted by Gasteiger charge is -2.14. The van der Waals surface area contributed by atoms with E-state index in [0.29, 0.717) is 12.2 Å². The number of hydrogen-bond donors (Lipinski definition) is 1. The Balaban J connectivity index is 2.08. The van der Waals surface area contributed by atoms with Crippen LogP contribution in [0.4, 0.5) is 0 Å². The molecule has 0 fully saturated rings. The lowest BCUT2D eigenvalue weighted by atomic mass is 10.1. The second kappa shape index (κ2) is 7.05. The van der Waals surface area contributed by atoms with Crippen LogP contribution >= 0.6 is 0 Å². The van der Waals surface area contributed by atoms with Crippen molar-refractivity contribution in [3.63, 3.8) is 0 Å². The fraction of sp³-hybridized carbons (Fsp3) is 0.467. The van der Waals surface area contributed by atoms with Crippen molar-refractivity contribution in [1.29, 1.82) is 0 Å². The van der Waals surface area contributed by atoms with Gasteiger partial charge in [-0.05, 0) is 31.4 Å². The van der Waals surface area contributed by atoms with Crippen LogP contribution in [0, 0.1) is 0 Å². The number of aromatic nitrogens is 3. The van der Waals surface area contributed by atoms with E-state index in [0.717, 1.165) is 30.8 Å².